The average molecular weight is 246 g/mol. The summed E-state index contributed by atoms with van der Waals surface area (Å²) >= 11 is 0. The molecule has 1 aromatic heterocycles. The maximum Gasteiger partial charge on any atom is 0.222 e. The van der Waals surface area contributed by atoms with Crippen LogP contribution in [0.2, 0.25) is 0 Å². The van der Waals surface area contributed by atoms with Crippen LogP contribution in [0.15, 0.2) is 18.3 Å². The van der Waals surface area contributed by atoms with Gasteiger partial charge in [-0.05, 0) is 32.9 Å². The van der Waals surface area contributed by atoms with Crippen molar-refractivity contribution in [2.75, 3.05) is 11.9 Å². The van der Waals surface area contributed by atoms with Crippen LogP contribution in [-0.2, 0) is 4.79 Å². The monoisotopic (exact) mass is 246 g/mol. The normalized spacial score (nSPS) is 10.6. The summed E-state index contributed by atoms with van der Waals surface area (Å²) in [5.74, 6) is 0.494. The number of carbonyl (C=O) groups excluding carboxylic acids is 1. The van der Waals surface area contributed by atoms with Crippen molar-refractivity contribution >= 4 is 11.7 Å². The molecule has 0 bridgehead atoms. The van der Waals surface area contributed by atoms with Gasteiger partial charge in [-0.1, -0.05) is 0 Å². The van der Waals surface area contributed by atoms with E-state index in [-0.39, 0.29) is 11.4 Å². The zero-order chi connectivity index (χ0) is 13.6. The summed E-state index contributed by atoms with van der Waals surface area (Å²) in [6.07, 6.45) is 1.96. The van der Waals surface area contributed by atoms with Crippen LogP contribution in [0.3, 0.4) is 0 Å². The Morgan fingerprint density at radius 1 is 1.50 bits per heavy atom. The Kier molecular flexibility index (Phi) is 4.67. The minimum absolute atomic E-state index is 0.0237. The molecule has 0 radical (unpaired) electrons. The van der Waals surface area contributed by atoms with E-state index in [1.54, 1.807) is 18.3 Å². The minimum Gasteiger partial charge on any atom is -0.368 e. The fraction of sp³-hybridized carbons (Fsp3) is 0.462. The summed E-state index contributed by atoms with van der Waals surface area (Å²) in [5, 5.41) is 14.7. The number of rotatable bonds is 4. The van der Waals surface area contributed by atoms with E-state index in [4.69, 9.17) is 5.26 Å². The third-order valence-electron chi connectivity index (χ3n) is 2.09. The molecule has 0 fully saturated rings. The highest BCUT2D eigenvalue weighted by molar-refractivity contribution is 5.77. The van der Waals surface area contributed by atoms with Crippen molar-refractivity contribution in [3.05, 3.63) is 23.9 Å². The van der Waals surface area contributed by atoms with E-state index < -0.39 is 0 Å². The van der Waals surface area contributed by atoms with Gasteiger partial charge in [-0.15, -0.1) is 0 Å². The van der Waals surface area contributed by atoms with Gasteiger partial charge in [0.1, 0.15) is 11.9 Å². The van der Waals surface area contributed by atoms with E-state index >= 15 is 0 Å². The fourth-order valence-corrected chi connectivity index (χ4v) is 1.41. The quantitative estimate of drug-likeness (QED) is 0.847. The Morgan fingerprint density at radius 3 is 2.83 bits per heavy atom. The minimum atomic E-state index is -0.222. The molecule has 0 aliphatic rings. The van der Waals surface area contributed by atoms with E-state index in [0.29, 0.717) is 24.3 Å². The number of hydrogen-bond donors (Lipinski definition) is 2. The predicted molar refractivity (Wildman–Crippen MR) is 70.0 cm³/mol. The van der Waals surface area contributed by atoms with Crippen LogP contribution in [0.25, 0.3) is 0 Å². The number of anilines is 1. The van der Waals surface area contributed by atoms with Crippen molar-refractivity contribution in [3.8, 4) is 6.07 Å². The van der Waals surface area contributed by atoms with Gasteiger partial charge in [-0.3, -0.25) is 4.79 Å². The second-order valence-electron chi connectivity index (χ2n) is 4.99. The number of carbonyl (C=O) groups is 1. The molecule has 0 spiro atoms. The van der Waals surface area contributed by atoms with Gasteiger partial charge < -0.3 is 10.6 Å². The number of pyridine rings is 1. The van der Waals surface area contributed by atoms with E-state index in [1.165, 1.54) is 0 Å². The molecule has 0 aliphatic heterocycles. The van der Waals surface area contributed by atoms with Gasteiger partial charge in [-0.25, -0.2) is 4.98 Å². The highest BCUT2D eigenvalue weighted by Crippen LogP contribution is 2.09. The van der Waals surface area contributed by atoms with Crippen LogP contribution < -0.4 is 10.6 Å². The van der Waals surface area contributed by atoms with Gasteiger partial charge in [0, 0.05) is 24.7 Å². The van der Waals surface area contributed by atoms with Crippen LogP contribution in [0.5, 0.6) is 0 Å². The Hall–Kier alpha value is -2.09. The van der Waals surface area contributed by atoms with Gasteiger partial charge in [0.2, 0.25) is 5.91 Å². The number of amides is 1. The molecular formula is C13H18N4O. The summed E-state index contributed by atoms with van der Waals surface area (Å²) in [6.45, 7) is 6.26. The summed E-state index contributed by atoms with van der Waals surface area (Å²) in [7, 11) is 0. The molecule has 0 aliphatic carbocycles. The molecule has 0 atom stereocenters. The molecule has 1 heterocycles. The molecule has 0 aromatic carbocycles. The molecule has 18 heavy (non-hydrogen) atoms. The molecule has 5 heteroatoms. The zero-order valence-corrected chi connectivity index (χ0v) is 10.9. The predicted octanol–water partition coefficient (Wildman–Crippen LogP) is 1.67. The molecule has 1 rings (SSSR count). The molecular weight excluding hydrogens is 228 g/mol. The molecule has 2 N–H and O–H groups in total. The second-order valence-corrected chi connectivity index (χ2v) is 4.99. The van der Waals surface area contributed by atoms with E-state index in [1.807, 2.05) is 26.8 Å². The third kappa shape index (κ3) is 4.83. The largest absolute Gasteiger partial charge is 0.368 e. The Bertz CT molecular complexity index is 457. The first-order valence-electron chi connectivity index (χ1n) is 5.82. The van der Waals surface area contributed by atoms with Crippen molar-refractivity contribution in [2.45, 2.75) is 32.7 Å². The molecule has 0 unspecified atom stereocenters. The number of hydrogen-bond acceptors (Lipinski definition) is 4. The number of aromatic nitrogens is 1. The summed E-state index contributed by atoms with van der Waals surface area (Å²) in [4.78, 5) is 15.6. The Labute approximate surface area is 107 Å². The van der Waals surface area contributed by atoms with Gasteiger partial charge in [0.15, 0.2) is 0 Å². The average Bonchev–Trinajstić information content (AvgIpc) is 2.27. The van der Waals surface area contributed by atoms with Gasteiger partial charge in [0.25, 0.3) is 0 Å². The molecule has 5 nitrogen and oxygen atoms in total. The fourth-order valence-electron chi connectivity index (χ4n) is 1.41. The van der Waals surface area contributed by atoms with E-state index in [9.17, 15) is 4.79 Å². The first-order chi connectivity index (χ1) is 8.42. The summed E-state index contributed by atoms with van der Waals surface area (Å²) in [6, 6.07) is 5.44. The number of nitrogens with zero attached hydrogens (tertiary/aromatic N) is 2. The van der Waals surface area contributed by atoms with Crippen LogP contribution in [0, 0.1) is 11.3 Å². The Balaban J connectivity index is 2.43. The highest BCUT2D eigenvalue weighted by atomic mass is 16.1. The smallest absolute Gasteiger partial charge is 0.222 e. The highest BCUT2D eigenvalue weighted by Gasteiger charge is 2.13. The van der Waals surface area contributed by atoms with Gasteiger partial charge in [-0.2, -0.15) is 5.26 Å². The third-order valence-corrected chi connectivity index (χ3v) is 2.09. The Morgan fingerprint density at radius 2 is 2.22 bits per heavy atom. The lowest BCUT2D eigenvalue weighted by Gasteiger charge is -2.20. The maximum atomic E-state index is 11.6. The van der Waals surface area contributed by atoms with Gasteiger partial charge in [0.05, 0.1) is 5.56 Å². The summed E-state index contributed by atoms with van der Waals surface area (Å²) in [5.41, 5.74) is 0.258. The van der Waals surface area contributed by atoms with E-state index in [2.05, 4.69) is 15.6 Å². The van der Waals surface area contributed by atoms with Crippen molar-refractivity contribution < 1.29 is 4.79 Å². The first kappa shape index (κ1) is 14.0. The van der Waals surface area contributed by atoms with Crippen LogP contribution in [0.4, 0.5) is 5.82 Å². The molecule has 0 saturated carbocycles. The summed E-state index contributed by atoms with van der Waals surface area (Å²) < 4.78 is 0. The number of nitrogens with one attached hydrogen (secondary N) is 2. The van der Waals surface area contributed by atoms with Crippen molar-refractivity contribution in [1.82, 2.24) is 10.3 Å². The molecule has 1 amide bonds. The van der Waals surface area contributed by atoms with Crippen molar-refractivity contribution in [3.63, 3.8) is 0 Å². The lowest BCUT2D eigenvalue weighted by Crippen LogP contribution is -2.41. The van der Waals surface area contributed by atoms with Crippen LogP contribution >= 0.6 is 0 Å². The van der Waals surface area contributed by atoms with Crippen LogP contribution in [0.1, 0.15) is 32.8 Å². The van der Waals surface area contributed by atoms with E-state index in [0.717, 1.165) is 0 Å². The van der Waals surface area contributed by atoms with Gasteiger partial charge >= 0.3 is 0 Å². The molecule has 96 valence electrons. The van der Waals surface area contributed by atoms with Crippen molar-refractivity contribution in [2.24, 2.45) is 0 Å². The second kappa shape index (κ2) is 6.01. The molecule has 0 saturated heterocycles. The lowest BCUT2D eigenvalue weighted by atomic mass is 10.1. The zero-order valence-electron chi connectivity index (χ0n) is 10.9. The van der Waals surface area contributed by atoms with Crippen LogP contribution in [-0.4, -0.2) is 23.0 Å². The van der Waals surface area contributed by atoms with Crippen molar-refractivity contribution in [1.29, 1.82) is 5.26 Å². The molecule has 1 aromatic rings. The standard InChI is InChI=1S/C13H18N4O/c1-13(2,3)17-11(18)6-8-16-12-10(9-14)5-4-7-15-12/h4-5,7H,6,8H2,1-3H3,(H,15,16)(H,17,18). The lowest BCUT2D eigenvalue weighted by molar-refractivity contribution is -0.122. The topological polar surface area (TPSA) is 77.8 Å². The maximum absolute atomic E-state index is 11.6. The first-order valence-corrected chi connectivity index (χ1v) is 5.82. The number of nitriles is 1. The SMILES string of the molecule is CC(C)(C)NC(=O)CCNc1ncccc1C#N.